The molecule has 0 N–H and O–H groups in total. The van der Waals surface area contributed by atoms with Crippen LogP contribution in [0.15, 0.2) is 5.38 Å². The summed E-state index contributed by atoms with van der Waals surface area (Å²) in [4.78, 5) is 17.1. The number of thiazole rings is 1. The lowest BCUT2D eigenvalue weighted by molar-refractivity contribution is 0.0812. The van der Waals surface area contributed by atoms with E-state index < -0.39 is 0 Å². The summed E-state index contributed by atoms with van der Waals surface area (Å²) in [6.45, 7) is 2.17. The standard InChI is InChI=1S/C9H10N2OS/c1-4-5-11(3)9(12)8-10-7(2)6-13-8/h1,6H,5H2,2-3H3. The summed E-state index contributed by atoms with van der Waals surface area (Å²) in [7, 11) is 1.67. The van der Waals surface area contributed by atoms with Crippen LogP contribution in [0.25, 0.3) is 0 Å². The predicted octanol–water partition coefficient (Wildman–Crippen LogP) is 1.16. The van der Waals surface area contributed by atoms with Gasteiger partial charge in [0.1, 0.15) is 0 Å². The number of nitrogens with zero attached hydrogens (tertiary/aromatic N) is 2. The first-order valence-corrected chi connectivity index (χ1v) is 4.64. The highest BCUT2D eigenvalue weighted by Gasteiger charge is 2.13. The third-order valence-electron chi connectivity index (χ3n) is 1.48. The summed E-state index contributed by atoms with van der Waals surface area (Å²) in [5, 5.41) is 2.34. The molecule has 0 atom stereocenters. The smallest absolute Gasteiger partial charge is 0.283 e. The number of rotatable bonds is 2. The maximum atomic E-state index is 11.5. The summed E-state index contributed by atoms with van der Waals surface area (Å²) in [5.41, 5.74) is 0.863. The number of carbonyl (C=O) groups is 1. The van der Waals surface area contributed by atoms with Gasteiger partial charge in [0.05, 0.1) is 6.54 Å². The Balaban J connectivity index is 2.74. The van der Waals surface area contributed by atoms with E-state index in [1.807, 2.05) is 12.3 Å². The second-order valence-electron chi connectivity index (χ2n) is 2.66. The second kappa shape index (κ2) is 4.06. The molecule has 0 aliphatic rings. The molecule has 1 aromatic rings. The van der Waals surface area contributed by atoms with Gasteiger partial charge in [0.15, 0.2) is 5.01 Å². The normalized spacial score (nSPS) is 9.31. The molecule has 3 nitrogen and oxygen atoms in total. The van der Waals surface area contributed by atoms with E-state index in [-0.39, 0.29) is 5.91 Å². The number of hydrogen-bond acceptors (Lipinski definition) is 3. The van der Waals surface area contributed by atoms with Crippen LogP contribution in [0.4, 0.5) is 0 Å². The van der Waals surface area contributed by atoms with E-state index in [2.05, 4.69) is 10.9 Å². The van der Waals surface area contributed by atoms with Gasteiger partial charge < -0.3 is 4.90 Å². The van der Waals surface area contributed by atoms with Crippen LogP contribution in [-0.2, 0) is 0 Å². The Morgan fingerprint density at radius 2 is 2.54 bits per heavy atom. The molecule has 0 unspecified atom stereocenters. The Labute approximate surface area is 81.4 Å². The van der Waals surface area contributed by atoms with E-state index in [4.69, 9.17) is 6.42 Å². The minimum atomic E-state index is -0.115. The number of hydrogen-bond donors (Lipinski definition) is 0. The van der Waals surface area contributed by atoms with Crippen molar-refractivity contribution in [3.63, 3.8) is 0 Å². The lowest BCUT2D eigenvalue weighted by Gasteiger charge is -2.10. The molecule has 13 heavy (non-hydrogen) atoms. The Morgan fingerprint density at radius 3 is 3.00 bits per heavy atom. The fraction of sp³-hybridized carbons (Fsp3) is 0.333. The molecule has 0 aliphatic heterocycles. The summed E-state index contributed by atoms with van der Waals surface area (Å²) >= 11 is 1.34. The van der Waals surface area contributed by atoms with Gasteiger partial charge in [0.25, 0.3) is 5.91 Å². The molecule has 0 aliphatic carbocycles. The molecule has 1 amide bonds. The third kappa shape index (κ3) is 2.30. The number of aryl methyl sites for hydroxylation is 1. The molecule has 1 rings (SSSR count). The highest BCUT2D eigenvalue weighted by molar-refractivity contribution is 7.11. The van der Waals surface area contributed by atoms with Gasteiger partial charge in [-0.05, 0) is 6.92 Å². The molecule has 4 heteroatoms. The van der Waals surface area contributed by atoms with Gasteiger partial charge in [-0.25, -0.2) is 4.98 Å². The topological polar surface area (TPSA) is 33.2 Å². The van der Waals surface area contributed by atoms with Crippen LogP contribution < -0.4 is 0 Å². The zero-order valence-electron chi connectivity index (χ0n) is 7.57. The van der Waals surface area contributed by atoms with Gasteiger partial charge in [0.2, 0.25) is 0 Å². The molecule has 1 aromatic heterocycles. The molecular weight excluding hydrogens is 184 g/mol. The number of carbonyl (C=O) groups excluding carboxylic acids is 1. The van der Waals surface area contributed by atoms with Crippen molar-refractivity contribution >= 4 is 17.2 Å². The minimum Gasteiger partial charge on any atom is -0.329 e. The van der Waals surface area contributed by atoms with Gasteiger partial charge >= 0.3 is 0 Å². The van der Waals surface area contributed by atoms with E-state index in [0.717, 1.165) is 5.69 Å². The molecule has 0 bridgehead atoms. The average molecular weight is 194 g/mol. The van der Waals surface area contributed by atoms with E-state index in [0.29, 0.717) is 11.6 Å². The summed E-state index contributed by atoms with van der Waals surface area (Å²) in [6, 6.07) is 0. The lowest BCUT2D eigenvalue weighted by atomic mass is 10.5. The number of terminal acetylenes is 1. The van der Waals surface area contributed by atoms with Gasteiger partial charge in [0, 0.05) is 18.1 Å². The van der Waals surface area contributed by atoms with Crippen LogP contribution in [0.3, 0.4) is 0 Å². The minimum absolute atomic E-state index is 0.115. The zero-order valence-corrected chi connectivity index (χ0v) is 8.39. The summed E-state index contributed by atoms with van der Waals surface area (Å²) in [5.74, 6) is 2.29. The van der Waals surface area contributed by atoms with Crippen molar-refractivity contribution in [1.82, 2.24) is 9.88 Å². The SMILES string of the molecule is C#CCN(C)C(=O)c1nc(C)cs1. The third-order valence-corrected chi connectivity index (χ3v) is 2.43. The van der Waals surface area contributed by atoms with Gasteiger partial charge in [-0.1, -0.05) is 5.92 Å². The Hall–Kier alpha value is -1.34. The van der Waals surface area contributed by atoms with Crippen molar-refractivity contribution in [1.29, 1.82) is 0 Å². The number of amides is 1. The monoisotopic (exact) mass is 194 g/mol. The van der Waals surface area contributed by atoms with E-state index in [1.165, 1.54) is 16.2 Å². The average Bonchev–Trinajstić information content (AvgIpc) is 2.51. The molecule has 0 fully saturated rings. The van der Waals surface area contributed by atoms with Gasteiger partial charge in [-0.15, -0.1) is 17.8 Å². The molecular formula is C9H10N2OS. The first-order chi connectivity index (χ1) is 6.15. The van der Waals surface area contributed by atoms with Crippen molar-refractivity contribution in [2.45, 2.75) is 6.92 Å². The highest BCUT2D eigenvalue weighted by Crippen LogP contribution is 2.10. The molecule has 0 saturated carbocycles. The quantitative estimate of drug-likeness (QED) is 0.662. The van der Waals surface area contributed by atoms with Crippen molar-refractivity contribution < 1.29 is 4.79 Å². The molecule has 0 aromatic carbocycles. The Bertz CT molecular complexity index is 351. The first kappa shape index (κ1) is 9.75. The van der Waals surface area contributed by atoms with Crippen LogP contribution in [0, 0.1) is 19.3 Å². The molecule has 0 spiro atoms. The van der Waals surface area contributed by atoms with E-state index >= 15 is 0 Å². The lowest BCUT2D eigenvalue weighted by Crippen LogP contribution is -2.26. The largest absolute Gasteiger partial charge is 0.329 e. The van der Waals surface area contributed by atoms with Crippen LogP contribution >= 0.6 is 11.3 Å². The Kier molecular flexibility index (Phi) is 3.04. The maximum absolute atomic E-state index is 11.5. The van der Waals surface area contributed by atoms with Crippen molar-refractivity contribution in [2.75, 3.05) is 13.6 Å². The molecule has 0 saturated heterocycles. The fourth-order valence-corrected chi connectivity index (χ4v) is 1.61. The number of aromatic nitrogens is 1. The summed E-state index contributed by atoms with van der Waals surface area (Å²) < 4.78 is 0. The first-order valence-electron chi connectivity index (χ1n) is 3.76. The van der Waals surface area contributed by atoms with Crippen LogP contribution in [-0.4, -0.2) is 29.4 Å². The van der Waals surface area contributed by atoms with Crippen LogP contribution in [0.5, 0.6) is 0 Å². The van der Waals surface area contributed by atoms with Crippen molar-refractivity contribution in [2.24, 2.45) is 0 Å². The van der Waals surface area contributed by atoms with Crippen LogP contribution in [0.2, 0.25) is 0 Å². The van der Waals surface area contributed by atoms with Crippen LogP contribution in [0.1, 0.15) is 15.5 Å². The Morgan fingerprint density at radius 1 is 1.85 bits per heavy atom. The van der Waals surface area contributed by atoms with Crippen molar-refractivity contribution in [3.8, 4) is 12.3 Å². The predicted molar refractivity (Wildman–Crippen MR) is 52.6 cm³/mol. The van der Waals surface area contributed by atoms with E-state index in [9.17, 15) is 4.79 Å². The van der Waals surface area contributed by atoms with Gasteiger partial charge in [-0.3, -0.25) is 4.79 Å². The summed E-state index contributed by atoms with van der Waals surface area (Å²) in [6.07, 6.45) is 5.09. The maximum Gasteiger partial charge on any atom is 0.283 e. The van der Waals surface area contributed by atoms with Gasteiger partial charge in [-0.2, -0.15) is 0 Å². The second-order valence-corrected chi connectivity index (χ2v) is 3.52. The highest BCUT2D eigenvalue weighted by atomic mass is 32.1. The molecule has 1 heterocycles. The fourth-order valence-electron chi connectivity index (χ4n) is 0.824. The van der Waals surface area contributed by atoms with E-state index in [1.54, 1.807) is 7.05 Å². The zero-order chi connectivity index (χ0) is 9.84. The molecule has 0 radical (unpaired) electrons. The van der Waals surface area contributed by atoms with Crippen molar-refractivity contribution in [3.05, 3.63) is 16.1 Å². The molecule has 68 valence electrons.